The predicted octanol–water partition coefficient (Wildman–Crippen LogP) is 2.63. The highest BCUT2D eigenvalue weighted by Crippen LogP contribution is 2.34. The first-order valence-corrected chi connectivity index (χ1v) is 12.9. The number of nitrogen functional groups attached to an aromatic ring is 1. The Kier molecular flexibility index (Phi) is 6.43. The number of morpholine rings is 1. The number of pyridine rings is 1. The molecule has 0 aliphatic carbocycles. The molecule has 0 amide bonds. The fourth-order valence-electron chi connectivity index (χ4n) is 5.59. The number of hydrogen-bond acceptors (Lipinski definition) is 9. The van der Waals surface area contributed by atoms with Gasteiger partial charge in [0.1, 0.15) is 5.82 Å². The van der Waals surface area contributed by atoms with Crippen LogP contribution < -0.4 is 16.0 Å². The zero-order valence-corrected chi connectivity index (χ0v) is 20.8. The zero-order chi connectivity index (χ0) is 24.5. The Morgan fingerprint density at radius 1 is 1.00 bits per heavy atom. The second-order valence-electron chi connectivity index (χ2n) is 10.0. The third kappa shape index (κ3) is 4.86. The van der Waals surface area contributed by atoms with Crippen LogP contribution in [0.2, 0.25) is 0 Å². The van der Waals surface area contributed by atoms with Crippen molar-refractivity contribution in [1.29, 1.82) is 0 Å². The van der Waals surface area contributed by atoms with Gasteiger partial charge in [-0.2, -0.15) is 0 Å². The monoisotopic (exact) mass is 486 g/mol. The van der Waals surface area contributed by atoms with Gasteiger partial charge in [-0.1, -0.05) is 0 Å². The van der Waals surface area contributed by atoms with E-state index in [0.717, 1.165) is 75.0 Å². The number of ether oxygens (including phenoxy) is 1. The van der Waals surface area contributed by atoms with Gasteiger partial charge in [-0.15, -0.1) is 0 Å². The summed E-state index contributed by atoms with van der Waals surface area (Å²) in [7, 11) is 2.23. The zero-order valence-electron chi connectivity index (χ0n) is 20.8. The number of nitrogens with zero attached hydrogens (tertiary/aromatic N) is 6. The summed E-state index contributed by atoms with van der Waals surface area (Å²) in [6.45, 7) is 6.79. The van der Waals surface area contributed by atoms with Gasteiger partial charge in [0.25, 0.3) is 0 Å². The first-order valence-electron chi connectivity index (χ1n) is 12.9. The number of fused-ring (bicyclic) bond motifs is 2. The summed E-state index contributed by atoms with van der Waals surface area (Å²) in [5.74, 6) is 1.03. The van der Waals surface area contributed by atoms with Crippen LogP contribution in [-0.4, -0.2) is 89.8 Å². The third-order valence-corrected chi connectivity index (χ3v) is 7.67. The van der Waals surface area contributed by atoms with E-state index in [-0.39, 0.29) is 0 Å². The van der Waals surface area contributed by atoms with Crippen LogP contribution in [0.1, 0.15) is 12.1 Å². The van der Waals surface area contributed by atoms with E-state index in [4.69, 9.17) is 15.5 Å². The van der Waals surface area contributed by atoms with Crippen molar-refractivity contribution in [2.45, 2.75) is 24.9 Å². The third-order valence-electron chi connectivity index (χ3n) is 7.67. The van der Waals surface area contributed by atoms with Gasteiger partial charge in [0.2, 0.25) is 5.95 Å². The number of aromatic nitrogens is 3. The van der Waals surface area contributed by atoms with Crippen molar-refractivity contribution < 1.29 is 4.74 Å². The Hall–Kier alpha value is -3.27. The molecular formula is C27H34N8O. The molecule has 2 atom stereocenters. The van der Waals surface area contributed by atoms with Gasteiger partial charge in [-0.3, -0.25) is 9.80 Å². The standard InChI is InChI=1S/C27H34N8O/c1-33-17-23-16-22(33)18-35(23)21-5-2-19(3-6-21)31-27-29-10-8-25(32-27)24-7-4-20(30-26(24)28)9-11-34-12-14-36-15-13-34/h2-8,10,22-23H,9,11-18H2,1H3,(H2,28,30)(H,29,31,32)/t22-,23-/m0/s1. The first kappa shape index (κ1) is 23.1. The number of likely N-dealkylation sites (N-methyl/N-ethyl adjacent to an activating group) is 1. The van der Waals surface area contributed by atoms with Crippen molar-refractivity contribution in [3.05, 3.63) is 54.4 Å². The van der Waals surface area contributed by atoms with Crippen LogP contribution in [0, 0.1) is 0 Å². The van der Waals surface area contributed by atoms with Crippen LogP contribution in [-0.2, 0) is 11.2 Å². The maximum Gasteiger partial charge on any atom is 0.227 e. The SMILES string of the molecule is CN1C[C@@H]2C[C@H]1CN2c1ccc(Nc2nccc(-c3ccc(CCN4CCOCC4)nc3N)n2)cc1. The van der Waals surface area contributed by atoms with Gasteiger partial charge in [0.05, 0.1) is 18.9 Å². The summed E-state index contributed by atoms with van der Waals surface area (Å²) >= 11 is 0. The second kappa shape index (κ2) is 10.0. The molecule has 5 heterocycles. The first-order chi connectivity index (χ1) is 17.6. The minimum Gasteiger partial charge on any atom is -0.383 e. The molecule has 188 valence electrons. The molecule has 0 saturated carbocycles. The van der Waals surface area contributed by atoms with Crippen LogP contribution in [0.15, 0.2) is 48.7 Å². The molecule has 0 spiro atoms. The molecule has 3 aliphatic rings. The fourth-order valence-corrected chi connectivity index (χ4v) is 5.59. The van der Waals surface area contributed by atoms with Crippen LogP contribution >= 0.6 is 0 Å². The Morgan fingerprint density at radius 2 is 1.83 bits per heavy atom. The van der Waals surface area contributed by atoms with Gasteiger partial charge in [-0.05, 0) is 55.9 Å². The van der Waals surface area contributed by atoms with Crippen LogP contribution in [0.3, 0.4) is 0 Å². The minimum absolute atomic E-state index is 0.494. The number of nitrogens with two attached hydrogens (primary N) is 1. The summed E-state index contributed by atoms with van der Waals surface area (Å²) in [5, 5.41) is 3.33. The minimum atomic E-state index is 0.494. The van der Waals surface area contributed by atoms with Crippen molar-refractivity contribution in [2.24, 2.45) is 0 Å². The van der Waals surface area contributed by atoms with Crippen molar-refractivity contribution >= 4 is 23.1 Å². The number of nitrogens with one attached hydrogen (secondary N) is 1. The molecule has 3 aromatic rings. The van der Waals surface area contributed by atoms with Gasteiger partial charge >= 0.3 is 0 Å². The molecule has 3 aliphatic heterocycles. The molecule has 9 heteroatoms. The molecule has 9 nitrogen and oxygen atoms in total. The smallest absolute Gasteiger partial charge is 0.227 e. The summed E-state index contributed by atoms with van der Waals surface area (Å²) in [6, 6.07) is 15.8. The molecular weight excluding hydrogens is 452 g/mol. The molecule has 3 N–H and O–H groups in total. The van der Waals surface area contributed by atoms with Crippen molar-refractivity contribution in [3.63, 3.8) is 0 Å². The van der Waals surface area contributed by atoms with Crippen LogP contribution in [0.25, 0.3) is 11.3 Å². The van der Waals surface area contributed by atoms with E-state index in [9.17, 15) is 0 Å². The lowest BCUT2D eigenvalue weighted by molar-refractivity contribution is 0.0383. The van der Waals surface area contributed by atoms with Crippen molar-refractivity contribution in [3.8, 4) is 11.3 Å². The Balaban J connectivity index is 1.10. The molecule has 0 unspecified atom stereocenters. The number of hydrogen-bond donors (Lipinski definition) is 2. The van der Waals surface area contributed by atoms with E-state index in [2.05, 4.69) is 61.3 Å². The highest BCUT2D eigenvalue weighted by Gasteiger charge is 2.41. The van der Waals surface area contributed by atoms with E-state index in [0.29, 0.717) is 23.8 Å². The average molecular weight is 487 g/mol. The molecule has 36 heavy (non-hydrogen) atoms. The molecule has 0 radical (unpaired) electrons. The van der Waals surface area contributed by atoms with Crippen molar-refractivity contribution in [2.75, 3.05) is 68.9 Å². The molecule has 6 rings (SSSR count). The van der Waals surface area contributed by atoms with E-state index < -0.39 is 0 Å². The maximum atomic E-state index is 6.34. The number of rotatable bonds is 7. The van der Waals surface area contributed by atoms with E-state index in [1.165, 1.54) is 12.1 Å². The Bertz CT molecular complexity index is 1190. The van der Waals surface area contributed by atoms with Gasteiger partial charge in [0.15, 0.2) is 0 Å². The highest BCUT2D eigenvalue weighted by molar-refractivity contribution is 5.72. The average Bonchev–Trinajstić information content (AvgIpc) is 3.49. The summed E-state index contributed by atoms with van der Waals surface area (Å²) in [4.78, 5) is 21.2. The van der Waals surface area contributed by atoms with E-state index in [1.54, 1.807) is 6.20 Å². The maximum absolute atomic E-state index is 6.34. The largest absolute Gasteiger partial charge is 0.383 e. The van der Waals surface area contributed by atoms with E-state index >= 15 is 0 Å². The lowest BCUT2D eigenvalue weighted by Crippen LogP contribution is -2.44. The highest BCUT2D eigenvalue weighted by atomic mass is 16.5. The summed E-state index contributed by atoms with van der Waals surface area (Å²) in [6.07, 6.45) is 3.89. The number of likely N-dealkylation sites (tertiary alicyclic amines) is 1. The molecule has 2 bridgehead atoms. The second-order valence-corrected chi connectivity index (χ2v) is 10.0. The summed E-state index contributed by atoms with van der Waals surface area (Å²) < 4.78 is 5.42. The van der Waals surface area contributed by atoms with Crippen molar-refractivity contribution in [1.82, 2.24) is 24.8 Å². The van der Waals surface area contributed by atoms with Gasteiger partial charge in [-0.25, -0.2) is 15.0 Å². The quantitative estimate of drug-likeness (QED) is 0.522. The lowest BCUT2D eigenvalue weighted by Gasteiger charge is -2.33. The topological polar surface area (TPSA) is 95.7 Å². The van der Waals surface area contributed by atoms with Gasteiger partial charge < -0.3 is 20.7 Å². The molecule has 3 saturated heterocycles. The number of benzene rings is 1. The van der Waals surface area contributed by atoms with Crippen LogP contribution in [0.5, 0.6) is 0 Å². The molecule has 3 fully saturated rings. The molecule has 1 aromatic carbocycles. The molecule has 2 aromatic heterocycles. The lowest BCUT2D eigenvalue weighted by atomic mass is 10.1. The van der Waals surface area contributed by atoms with Crippen LogP contribution in [0.4, 0.5) is 23.1 Å². The number of anilines is 4. The van der Waals surface area contributed by atoms with E-state index in [1.807, 2.05) is 18.2 Å². The van der Waals surface area contributed by atoms with Gasteiger partial charge in [0, 0.05) is 80.1 Å². The fraction of sp³-hybridized carbons (Fsp3) is 0.444. The summed E-state index contributed by atoms with van der Waals surface area (Å²) in [5.41, 5.74) is 11.2. The Morgan fingerprint density at radius 3 is 2.56 bits per heavy atom. The predicted molar refractivity (Wildman–Crippen MR) is 143 cm³/mol. The Labute approximate surface area is 212 Å². The normalized spacial score (nSPS) is 22.3. The number of piperazine rings is 1.